The van der Waals surface area contributed by atoms with E-state index in [-0.39, 0.29) is 5.38 Å². The summed E-state index contributed by atoms with van der Waals surface area (Å²) >= 11 is 14.4. The van der Waals surface area contributed by atoms with Crippen molar-refractivity contribution in [2.75, 3.05) is 0 Å². The van der Waals surface area contributed by atoms with Crippen LogP contribution >= 0.6 is 34.5 Å². The molecule has 0 aliphatic rings. The number of alkyl halides is 1. The number of halogens is 2. The summed E-state index contributed by atoms with van der Waals surface area (Å²) in [6, 6.07) is 8.14. The minimum atomic E-state index is -0.114. The Bertz CT molecular complexity index is 523. The Morgan fingerprint density at radius 2 is 1.76 bits per heavy atom. The molecule has 1 atom stereocenters. The summed E-state index contributed by atoms with van der Waals surface area (Å²) in [4.78, 5) is 2.57. The highest BCUT2D eigenvalue weighted by atomic mass is 35.5. The highest BCUT2D eigenvalue weighted by Gasteiger charge is 2.16. The first-order chi connectivity index (χ1) is 7.97. The Labute approximate surface area is 116 Å². The zero-order chi connectivity index (χ0) is 12.6. The van der Waals surface area contributed by atoms with E-state index in [0.717, 1.165) is 16.1 Å². The van der Waals surface area contributed by atoms with Crippen LogP contribution in [0.25, 0.3) is 0 Å². The Kier molecular flexibility index (Phi) is 3.82. The third-order valence-corrected chi connectivity index (χ3v) is 4.40. The van der Waals surface area contributed by atoms with Crippen molar-refractivity contribution in [3.8, 4) is 0 Å². The molecule has 0 saturated heterocycles. The lowest BCUT2D eigenvalue weighted by Crippen LogP contribution is -1.94. The van der Waals surface area contributed by atoms with E-state index in [4.69, 9.17) is 23.2 Å². The molecule has 0 radical (unpaired) electrons. The van der Waals surface area contributed by atoms with Crippen molar-refractivity contribution in [3.63, 3.8) is 0 Å². The first kappa shape index (κ1) is 12.9. The van der Waals surface area contributed by atoms with Crippen LogP contribution in [0.2, 0.25) is 5.02 Å². The van der Waals surface area contributed by atoms with Gasteiger partial charge in [-0.15, -0.1) is 22.9 Å². The summed E-state index contributed by atoms with van der Waals surface area (Å²) in [7, 11) is 0. The maximum absolute atomic E-state index is 6.54. The lowest BCUT2D eigenvalue weighted by atomic mass is 10.0. The fourth-order valence-corrected chi connectivity index (χ4v) is 3.67. The van der Waals surface area contributed by atoms with Crippen LogP contribution in [-0.2, 0) is 0 Å². The van der Waals surface area contributed by atoms with Gasteiger partial charge in [-0.3, -0.25) is 0 Å². The Hall–Kier alpha value is -0.500. The number of hydrogen-bond donors (Lipinski definition) is 0. The van der Waals surface area contributed by atoms with Crippen LogP contribution in [0.5, 0.6) is 0 Å². The number of hydrogen-bond acceptors (Lipinski definition) is 1. The van der Waals surface area contributed by atoms with Gasteiger partial charge in [-0.2, -0.15) is 0 Å². The van der Waals surface area contributed by atoms with Gasteiger partial charge < -0.3 is 0 Å². The molecular formula is C14H14Cl2S. The third-order valence-electron chi connectivity index (χ3n) is 2.71. The fourth-order valence-electron chi connectivity index (χ4n) is 1.99. The van der Waals surface area contributed by atoms with Crippen LogP contribution in [0.15, 0.2) is 24.3 Å². The van der Waals surface area contributed by atoms with Gasteiger partial charge in [0.25, 0.3) is 0 Å². The topological polar surface area (TPSA) is 0 Å². The average Bonchev–Trinajstić information content (AvgIpc) is 2.55. The molecule has 0 aliphatic carbocycles. The SMILES string of the molecule is Cc1cc(Cl)cc(C(Cl)c2cc(C)sc2C)c1. The summed E-state index contributed by atoms with van der Waals surface area (Å²) in [5, 5.41) is 0.632. The quantitative estimate of drug-likeness (QED) is 0.625. The molecule has 2 aromatic rings. The summed E-state index contributed by atoms with van der Waals surface area (Å²) in [6.45, 7) is 6.25. The van der Waals surface area contributed by atoms with Crippen LogP contribution in [-0.4, -0.2) is 0 Å². The summed E-state index contributed by atoms with van der Waals surface area (Å²) in [5.74, 6) is 0. The van der Waals surface area contributed by atoms with Crippen molar-refractivity contribution < 1.29 is 0 Å². The van der Waals surface area contributed by atoms with Gasteiger partial charge in [0, 0.05) is 14.8 Å². The smallest absolute Gasteiger partial charge is 0.0846 e. The number of benzene rings is 1. The van der Waals surface area contributed by atoms with Crippen LogP contribution in [0, 0.1) is 20.8 Å². The molecule has 1 aromatic heterocycles. The van der Waals surface area contributed by atoms with E-state index in [2.05, 4.69) is 26.0 Å². The van der Waals surface area contributed by atoms with Crippen molar-refractivity contribution in [1.82, 2.24) is 0 Å². The van der Waals surface area contributed by atoms with Crippen LogP contribution in [0.1, 0.15) is 31.8 Å². The van der Waals surface area contributed by atoms with Gasteiger partial charge in [0.1, 0.15) is 0 Å². The normalized spacial score (nSPS) is 12.8. The van der Waals surface area contributed by atoms with Gasteiger partial charge in [0.2, 0.25) is 0 Å². The fraction of sp³-hybridized carbons (Fsp3) is 0.286. The van der Waals surface area contributed by atoms with Crippen molar-refractivity contribution in [3.05, 3.63) is 55.7 Å². The highest BCUT2D eigenvalue weighted by molar-refractivity contribution is 7.12. The molecule has 90 valence electrons. The Balaban J connectivity index is 2.43. The summed E-state index contributed by atoms with van der Waals surface area (Å²) in [5.41, 5.74) is 3.40. The van der Waals surface area contributed by atoms with Crippen molar-refractivity contribution in [2.24, 2.45) is 0 Å². The van der Waals surface area contributed by atoms with E-state index >= 15 is 0 Å². The van der Waals surface area contributed by atoms with Gasteiger partial charge >= 0.3 is 0 Å². The predicted molar refractivity (Wildman–Crippen MR) is 77.7 cm³/mol. The van der Waals surface area contributed by atoms with E-state index in [1.54, 1.807) is 11.3 Å². The number of aryl methyl sites for hydroxylation is 3. The third kappa shape index (κ3) is 2.85. The number of rotatable bonds is 2. The molecule has 0 spiro atoms. The van der Waals surface area contributed by atoms with Crippen molar-refractivity contribution in [1.29, 1.82) is 0 Å². The Morgan fingerprint density at radius 3 is 2.29 bits per heavy atom. The van der Waals surface area contributed by atoms with Crippen molar-refractivity contribution in [2.45, 2.75) is 26.1 Å². The van der Waals surface area contributed by atoms with E-state index in [1.165, 1.54) is 15.3 Å². The molecule has 0 saturated carbocycles. The van der Waals surface area contributed by atoms with E-state index in [1.807, 2.05) is 19.1 Å². The van der Waals surface area contributed by atoms with Gasteiger partial charge in [-0.05, 0) is 55.7 Å². The minimum absolute atomic E-state index is 0.114. The molecule has 1 unspecified atom stereocenters. The Morgan fingerprint density at radius 1 is 1.06 bits per heavy atom. The average molecular weight is 285 g/mol. The second-order valence-corrected chi connectivity index (χ2v) is 6.63. The first-order valence-corrected chi connectivity index (χ1v) is 7.08. The largest absolute Gasteiger partial charge is 0.146 e. The molecule has 2 rings (SSSR count). The minimum Gasteiger partial charge on any atom is -0.146 e. The van der Waals surface area contributed by atoms with Gasteiger partial charge in [-0.25, -0.2) is 0 Å². The maximum Gasteiger partial charge on any atom is 0.0846 e. The van der Waals surface area contributed by atoms with Crippen LogP contribution in [0.3, 0.4) is 0 Å². The molecule has 0 bridgehead atoms. The zero-order valence-corrected chi connectivity index (χ0v) is 12.4. The van der Waals surface area contributed by atoms with E-state index in [9.17, 15) is 0 Å². The molecule has 0 fully saturated rings. The van der Waals surface area contributed by atoms with E-state index in [0.29, 0.717) is 0 Å². The molecule has 0 aliphatic heterocycles. The van der Waals surface area contributed by atoms with Crippen molar-refractivity contribution >= 4 is 34.5 Å². The molecular weight excluding hydrogens is 271 g/mol. The molecule has 1 aromatic carbocycles. The molecule has 1 heterocycles. The zero-order valence-electron chi connectivity index (χ0n) is 10.1. The molecule has 17 heavy (non-hydrogen) atoms. The van der Waals surface area contributed by atoms with Crippen LogP contribution in [0.4, 0.5) is 0 Å². The first-order valence-electron chi connectivity index (χ1n) is 5.45. The second-order valence-electron chi connectivity index (χ2n) is 4.29. The molecule has 0 N–H and O–H groups in total. The monoisotopic (exact) mass is 284 g/mol. The summed E-state index contributed by atoms with van der Waals surface area (Å²) < 4.78 is 0. The number of thiophene rings is 1. The molecule has 0 nitrogen and oxygen atoms in total. The van der Waals surface area contributed by atoms with Gasteiger partial charge in [-0.1, -0.05) is 17.7 Å². The van der Waals surface area contributed by atoms with Gasteiger partial charge in [0.15, 0.2) is 0 Å². The van der Waals surface area contributed by atoms with Crippen LogP contribution < -0.4 is 0 Å². The predicted octanol–water partition coefficient (Wildman–Crippen LogP) is 5.65. The molecule has 3 heteroatoms. The lowest BCUT2D eigenvalue weighted by molar-refractivity contribution is 1.12. The standard InChI is InChI=1S/C14H14Cl2S/c1-8-4-11(7-12(15)5-8)14(16)13-6-9(2)17-10(13)3/h4-7,14H,1-3H3. The lowest BCUT2D eigenvalue weighted by Gasteiger charge is -2.11. The summed E-state index contributed by atoms with van der Waals surface area (Å²) in [6.07, 6.45) is 0. The highest BCUT2D eigenvalue weighted by Crippen LogP contribution is 2.36. The maximum atomic E-state index is 6.54. The van der Waals surface area contributed by atoms with Gasteiger partial charge in [0.05, 0.1) is 5.38 Å². The molecule has 0 amide bonds. The second kappa shape index (κ2) is 5.01. The van der Waals surface area contributed by atoms with E-state index < -0.39 is 0 Å².